The van der Waals surface area contributed by atoms with Gasteiger partial charge in [0.25, 0.3) is 0 Å². The van der Waals surface area contributed by atoms with Gasteiger partial charge >= 0.3 is 5.97 Å². The molecule has 1 unspecified atom stereocenters. The van der Waals surface area contributed by atoms with E-state index in [2.05, 4.69) is 17.1 Å². The van der Waals surface area contributed by atoms with Crippen LogP contribution >= 0.6 is 0 Å². The number of nitrogens with one attached hydrogen (secondary N) is 1. The van der Waals surface area contributed by atoms with Crippen molar-refractivity contribution in [2.45, 2.75) is 52.5 Å². The van der Waals surface area contributed by atoms with Crippen molar-refractivity contribution in [1.82, 2.24) is 10.2 Å². The van der Waals surface area contributed by atoms with Crippen LogP contribution in [-0.4, -0.2) is 47.6 Å². The van der Waals surface area contributed by atoms with Gasteiger partial charge < -0.3 is 10.4 Å². The Hall–Kier alpha value is -1.10. The van der Waals surface area contributed by atoms with Crippen LogP contribution in [0.25, 0.3) is 0 Å². The lowest BCUT2D eigenvalue weighted by molar-refractivity contribution is -0.140. The first-order valence-corrected chi connectivity index (χ1v) is 7.11. The number of amides is 1. The van der Waals surface area contributed by atoms with Gasteiger partial charge in [-0.15, -0.1) is 0 Å². The predicted molar refractivity (Wildman–Crippen MR) is 73.9 cm³/mol. The van der Waals surface area contributed by atoms with Gasteiger partial charge in [-0.1, -0.05) is 13.3 Å². The topological polar surface area (TPSA) is 69.6 Å². The van der Waals surface area contributed by atoms with Crippen molar-refractivity contribution in [1.29, 1.82) is 0 Å². The molecular weight excluding hydrogens is 244 g/mol. The SMILES string of the molecule is CCC1CCCCN1CC(C)(C)C(=O)NCC(=O)O. The molecule has 2 N–H and O–H groups in total. The van der Waals surface area contributed by atoms with Crippen LogP contribution in [0.5, 0.6) is 0 Å². The minimum Gasteiger partial charge on any atom is -0.480 e. The Morgan fingerprint density at radius 2 is 2.05 bits per heavy atom. The van der Waals surface area contributed by atoms with E-state index in [4.69, 9.17) is 5.11 Å². The van der Waals surface area contributed by atoms with Crippen LogP contribution in [0.15, 0.2) is 0 Å². The van der Waals surface area contributed by atoms with Crippen LogP contribution in [-0.2, 0) is 9.59 Å². The second-order valence-electron chi connectivity index (χ2n) is 5.99. The number of likely N-dealkylation sites (tertiary alicyclic amines) is 1. The monoisotopic (exact) mass is 270 g/mol. The third-order valence-corrected chi connectivity index (χ3v) is 3.83. The van der Waals surface area contributed by atoms with Gasteiger partial charge in [0.05, 0.1) is 5.41 Å². The lowest BCUT2D eigenvalue weighted by atomic mass is 9.88. The fourth-order valence-corrected chi connectivity index (χ4v) is 2.71. The van der Waals surface area contributed by atoms with Crippen molar-refractivity contribution in [3.05, 3.63) is 0 Å². The molecular formula is C14H26N2O3. The van der Waals surface area contributed by atoms with E-state index >= 15 is 0 Å². The molecule has 0 bridgehead atoms. The van der Waals surface area contributed by atoms with E-state index < -0.39 is 11.4 Å². The van der Waals surface area contributed by atoms with E-state index in [1.54, 1.807) is 0 Å². The van der Waals surface area contributed by atoms with Gasteiger partial charge in [-0.05, 0) is 39.7 Å². The highest BCUT2D eigenvalue weighted by Crippen LogP contribution is 2.25. The van der Waals surface area contributed by atoms with Gasteiger partial charge in [-0.2, -0.15) is 0 Å². The molecule has 1 rings (SSSR count). The summed E-state index contributed by atoms with van der Waals surface area (Å²) in [5.74, 6) is -1.19. The maximum atomic E-state index is 12.0. The maximum absolute atomic E-state index is 12.0. The van der Waals surface area contributed by atoms with Gasteiger partial charge in [0, 0.05) is 12.6 Å². The Kier molecular flexibility index (Phi) is 5.79. The van der Waals surface area contributed by atoms with Crippen molar-refractivity contribution < 1.29 is 14.7 Å². The van der Waals surface area contributed by atoms with Crippen LogP contribution < -0.4 is 5.32 Å². The number of carboxylic acids is 1. The predicted octanol–water partition coefficient (Wildman–Crippen LogP) is 1.48. The zero-order valence-electron chi connectivity index (χ0n) is 12.2. The number of piperidine rings is 1. The first kappa shape index (κ1) is 16.0. The molecule has 1 aliphatic heterocycles. The molecule has 0 saturated carbocycles. The molecule has 5 heteroatoms. The molecule has 1 atom stereocenters. The number of carboxylic acid groups (broad SMARTS) is 1. The Morgan fingerprint density at radius 1 is 1.37 bits per heavy atom. The molecule has 1 amide bonds. The average molecular weight is 270 g/mol. The van der Waals surface area contributed by atoms with Crippen molar-refractivity contribution in [2.75, 3.05) is 19.6 Å². The fraction of sp³-hybridized carbons (Fsp3) is 0.857. The van der Waals surface area contributed by atoms with E-state index in [1.807, 2.05) is 13.8 Å². The molecule has 0 aromatic carbocycles. The summed E-state index contributed by atoms with van der Waals surface area (Å²) >= 11 is 0. The van der Waals surface area contributed by atoms with Crippen molar-refractivity contribution in [3.63, 3.8) is 0 Å². The number of carbonyl (C=O) groups is 2. The molecule has 0 radical (unpaired) electrons. The van der Waals surface area contributed by atoms with Crippen LogP contribution in [0.3, 0.4) is 0 Å². The standard InChI is InChI=1S/C14H26N2O3/c1-4-11-7-5-6-8-16(11)10-14(2,3)13(19)15-9-12(17)18/h11H,4-10H2,1-3H3,(H,15,19)(H,17,18). The van der Waals surface area contributed by atoms with Gasteiger partial charge in [0.15, 0.2) is 0 Å². The van der Waals surface area contributed by atoms with E-state index in [9.17, 15) is 9.59 Å². The van der Waals surface area contributed by atoms with Crippen molar-refractivity contribution in [2.24, 2.45) is 5.41 Å². The quantitative estimate of drug-likeness (QED) is 0.767. The summed E-state index contributed by atoms with van der Waals surface area (Å²) in [5.41, 5.74) is -0.555. The van der Waals surface area contributed by atoms with E-state index in [1.165, 1.54) is 19.3 Å². The molecule has 5 nitrogen and oxygen atoms in total. The van der Waals surface area contributed by atoms with Crippen LogP contribution in [0.1, 0.15) is 46.5 Å². The third kappa shape index (κ3) is 4.82. The van der Waals surface area contributed by atoms with Crippen LogP contribution in [0.2, 0.25) is 0 Å². The summed E-state index contributed by atoms with van der Waals surface area (Å²) in [6, 6.07) is 0.556. The molecule has 1 saturated heterocycles. The Balaban J connectivity index is 2.56. The van der Waals surface area contributed by atoms with E-state index in [0.717, 1.165) is 13.0 Å². The van der Waals surface area contributed by atoms with Gasteiger partial charge in [0.2, 0.25) is 5.91 Å². The zero-order valence-corrected chi connectivity index (χ0v) is 12.2. The summed E-state index contributed by atoms with van der Waals surface area (Å²) in [7, 11) is 0. The lowest BCUT2D eigenvalue weighted by Crippen LogP contribution is -2.50. The second-order valence-corrected chi connectivity index (χ2v) is 5.99. The molecule has 1 fully saturated rings. The molecule has 110 valence electrons. The van der Waals surface area contributed by atoms with Gasteiger partial charge in [0.1, 0.15) is 6.54 Å². The third-order valence-electron chi connectivity index (χ3n) is 3.83. The maximum Gasteiger partial charge on any atom is 0.322 e. The molecule has 0 spiro atoms. The molecule has 1 heterocycles. The van der Waals surface area contributed by atoms with Crippen molar-refractivity contribution >= 4 is 11.9 Å². The summed E-state index contributed by atoms with van der Waals surface area (Å²) < 4.78 is 0. The molecule has 0 aliphatic carbocycles. The first-order valence-electron chi connectivity index (χ1n) is 7.11. The summed E-state index contributed by atoms with van der Waals surface area (Å²) in [6.45, 7) is 7.36. The smallest absolute Gasteiger partial charge is 0.322 e. The number of rotatable bonds is 6. The number of aliphatic carboxylic acids is 1. The minimum absolute atomic E-state index is 0.185. The Labute approximate surface area is 115 Å². The van der Waals surface area contributed by atoms with E-state index in [0.29, 0.717) is 12.6 Å². The minimum atomic E-state index is -1.01. The van der Waals surface area contributed by atoms with Gasteiger partial charge in [-0.3, -0.25) is 14.5 Å². The summed E-state index contributed by atoms with van der Waals surface area (Å²) in [6.07, 6.45) is 4.75. The highest BCUT2D eigenvalue weighted by molar-refractivity contribution is 5.85. The highest BCUT2D eigenvalue weighted by Gasteiger charge is 2.33. The van der Waals surface area contributed by atoms with Crippen LogP contribution in [0, 0.1) is 5.41 Å². The number of nitrogens with zero attached hydrogens (tertiary/aromatic N) is 1. The average Bonchev–Trinajstić information content (AvgIpc) is 2.36. The normalized spacial score (nSPS) is 21.1. The molecule has 19 heavy (non-hydrogen) atoms. The van der Waals surface area contributed by atoms with E-state index in [-0.39, 0.29) is 12.5 Å². The summed E-state index contributed by atoms with van der Waals surface area (Å²) in [5, 5.41) is 11.1. The number of carbonyl (C=O) groups excluding carboxylic acids is 1. The summed E-state index contributed by atoms with van der Waals surface area (Å²) in [4.78, 5) is 24.9. The molecule has 1 aliphatic rings. The Bertz CT molecular complexity index is 329. The van der Waals surface area contributed by atoms with Crippen LogP contribution in [0.4, 0.5) is 0 Å². The molecule has 0 aromatic heterocycles. The number of hydrogen-bond donors (Lipinski definition) is 2. The second kappa shape index (κ2) is 6.89. The lowest BCUT2D eigenvalue weighted by Gasteiger charge is -2.39. The Morgan fingerprint density at radius 3 is 2.63 bits per heavy atom. The fourth-order valence-electron chi connectivity index (χ4n) is 2.71. The number of hydrogen-bond acceptors (Lipinski definition) is 3. The zero-order chi connectivity index (χ0) is 14.5. The van der Waals surface area contributed by atoms with Crippen molar-refractivity contribution in [3.8, 4) is 0 Å². The van der Waals surface area contributed by atoms with Gasteiger partial charge in [-0.25, -0.2) is 0 Å². The largest absolute Gasteiger partial charge is 0.480 e. The molecule has 0 aromatic rings. The first-order chi connectivity index (χ1) is 8.86. The highest BCUT2D eigenvalue weighted by atomic mass is 16.4.